The molecule has 0 bridgehead atoms. The van der Waals surface area contributed by atoms with E-state index >= 15 is 0 Å². The van der Waals surface area contributed by atoms with E-state index < -0.39 is 12.6 Å². The minimum absolute atomic E-state index is 0.114. The fraction of sp³-hybridized carbons (Fsp3) is 0.440. The fourth-order valence-corrected chi connectivity index (χ4v) is 6.01. The number of nitrogens with one attached hydrogen (secondary N) is 2. The maximum Gasteiger partial charge on any atom is 0.393 e. The Morgan fingerprint density at radius 2 is 1.97 bits per heavy atom. The van der Waals surface area contributed by atoms with E-state index in [4.69, 9.17) is 0 Å². The number of rotatable bonds is 7. The first-order chi connectivity index (χ1) is 16.8. The molecule has 0 atom stereocenters. The minimum Gasteiger partial charge on any atom is -0.396 e. The molecule has 1 aromatic carbocycles. The Labute approximate surface area is 205 Å². The quantitative estimate of drug-likeness (QED) is 0.323. The number of thiophene rings is 1. The topological polar surface area (TPSA) is 77.1 Å². The normalized spacial score (nSPS) is 15.9. The summed E-state index contributed by atoms with van der Waals surface area (Å²) in [5.41, 5.74) is 4.65. The van der Waals surface area contributed by atoms with Gasteiger partial charge in [-0.15, -0.1) is 11.3 Å². The van der Waals surface area contributed by atoms with Crippen LogP contribution in [0, 0.1) is 6.92 Å². The molecule has 0 unspecified atom stereocenters. The molecule has 10 heteroatoms. The van der Waals surface area contributed by atoms with E-state index in [-0.39, 0.29) is 17.5 Å². The highest BCUT2D eigenvalue weighted by atomic mass is 32.1. The van der Waals surface area contributed by atoms with Gasteiger partial charge in [0.25, 0.3) is 0 Å². The summed E-state index contributed by atoms with van der Waals surface area (Å²) in [7, 11) is 0. The van der Waals surface area contributed by atoms with E-state index in [2.05, 4.69) is 43.4 Å². The third-order valence-electron chi connectivity index (χ3n) is 6.59. The predicted octanol–water partition coefficient (Wildman–Crippen LogP) is 5.20. The predicted molar refractivity (Wildman–Crippen MR) is 133 cm³/mol. The van der Waals surface area contributed by atoms with Crippen molar-refractivity contribution in [2.24, 2.45) is 0 Å². The zero-order valence-corrected chi connectivity index (χ0v) is 20.3. The summed E-state index contributed by atoms with van der Waals surface area (Å²) < 4.78 is 38.5. The zero-order valence-electron chi connectivity index (χ0n) is 19.5. The van der Waals surface area contributed by atoms with Gasteiger partial charge in [-0.05, 0) is 55.5 Å². The maximum absolute atomic E-state index is 12.8. The molecule has 0 saturated carbocycles. The molecule has 4 heterocycles. The van der Waals surface area contributed by atoms with Crippen molar-refractivity contribution in [1.29, 1.82) is 0 Å². The van der Waals surface area contributed by atoms with Crippen molar-refractivity contribution >= 4 is 38.3 Å². The van der Waals surface area contributed by atoms with Crippen LogP contribution in [0.3, 0.4) is 0 Å². The van der Waals surface area contributed by atoms with E-state index in [0.717, 1.165) is 55.0 Å². The number of H-pyrrole nitrogens is 1. The van der Waals surface area contributed by atoms with Crippen molar-refractivity contribution in [3.8, 4) is 0 Å². The lowest BCUT2D eigenvalue weighted by molar-refractivity contribution is -0.126. The van der Waals surface area contributed by atoms with Crippen LogP contribution >= 0.6 is 11.3 Å². The minimum atomic E-state index is -4.24. The molecule has 0 spiro atoms. The number of anilines is 1. The second-order valence-electron chi connectivity index (χ2n) is 9.23. The molecule has 35 heavy (non-hydrogen) atoms. The molecule has 1 aliphatic heterocycles. The zero-order chi connectivity index (χ0) is 24.6. The third kappa shape index (κ3) is 5.44. The monoisotopic (exact) mass is 503 g/mol. The van der Waals surface area contributed by atoms with Crippen molar-refractivity contribution in [2.75, 3.05) is 25.0 Å². The number of hydrogen-bond acceptors (Lipinski definition) is 6. The van der Waals surface area contributed by atoms with Gasteiger partial charge in [0, 0.05) is 53.8 Å². The molecule has 0 radical (unpaired) electrons. The van der Waals surface area contributed by atoms with Gasteiger partial charge in [0.05, 0.1) is 11.8 Å². The first-order valence-corrected chi connectivity index (χ1v) is 12.6. The molecule has 0 aliphatic carbocycles. The fourth-order valence-electron chi connectivity index (χ4n) is 4.98. The van der Waals surface area contributed by atoms with Gasteiger partial charge in [-0.1, -0.05) is 6.07 Å². The lowest BCUT2D eigenvalue weighted by Gasteiger charge is -2.33. The summed E-state index contributed by atoms with van der Waals surface area (Å²) in [6.07, 6.45) is -1.33. The van der Waals surface area contributed by atoms with Gasteiger partial charge in [0.15, 0.2) is 0 Å². The summed E-state index contributed by atoms with van der Waals surface area (Å²) in [6, 6.07) is 8.17. The number of aryl methyl sites for hydroxylation is 1. The number of fused-ring (bicyclic) bond motifs is 2. The first-order valence-electron chi connectivity index (χ1n) is 11.8. The summed E-state index contributed by atoms with van der Waals surface area (Å²) in [5, 5.41) is 14.9. The Kier molecular flexibility index (Phi) is 6.69. The van der Waals surface area contributed by atoms with Crippen LogP contribution in [0.5, 0.6) is 0 Å². The number of benzene rings is 1. The summed E-state index contributed by atoms with van der Waals surface area (Å²) in [5.74, 6) is 0.608. The maximum atomic E-state index is 12.8. The molecule has 186 valence electrons. The van der Waals surface area contributed by atoms with Crippen molar-refractivity contribution in [1.82, 2.24) is 19.9 Å². The molecule has 3 aromatic heterocycles. The molecular formula is C25H28F3N5OS. The molecule has 3 N–H and O–H groups in total. The van der Waals surface area contributed by atoms with E-state index in [0.29, 0.717) is 22.5 Å². The largest absolute Gasteiger partial charge is 0.396 e. The number of piperidine rings is 1. The van der Waals surface area contributed by atoms with Crippen LogP contribution in [0.25, 0.3) is 21.1 Å². The lowest BCUT2D eigenvalue weighted by atomic mass is 9.98. The molecule has 6 nitrogen and oxygen atoms in total. The summed E-state index contributed by atoms with van der Waals surface area (Å²) >= 11 is 1.07. The third-order valence-corrected chi connectivity index (χ3v) is 7.63. The Morgan fingerprint density at radius 3 is 2.71 bits per heavy atom. The SMILES string of the molecule is Cc1cc2c(CCO)c(CN3CCC(Nc4ncnc5sc(CC(F)(F)F)cc45)CC3)ccc2[nH]1. The van der Waals surface area contributed by atoms with Crippen LogP contribution in [0.1, 0.15) is 34.5 Å². The number of nitrogens with zero attached hydrogens (tertiary/aromatic N) is 3. The van der Waals surface area contributed by atoms with Gasteiger partial charge < -0.3 is 15.4 Å². The van der Waals surface area contributed by atoms with Crippen molar-refractivity contribution in [3.05, 3.63) is 52.3 Å². The molecule has 4 aromatic rings. The van der Waals surface area contributed by atoms with Gasteiger partial charge in [0.1, 0.15) is 17.0 Å². The molecular weight excluding hydrogens is 475 g/mol. The van der Waals surface area contributed by atoms with Gasteiger partial charge in [-0.25, -0.2) is 9.97 Å². The van der Waals surface area contributed by atoms with Gasteiger partial charge >= 0.3 is 6.18 Å². The highest BCUT2D eigenvalue weighted by Gasteiger charge is 2.29. The van der Waals surface area contributed by atoms with E-state index in [1.54, 1.807) is 6.07 Å². The lowest BCUT2D eigenvalue weighted by Crippen LogP contribution is -2.39. The standard InChI is InChI=1S/C25H28F3N5OS/c1-15-10-20-19(6-9-34)16(2-3-22(20)31-15)13-33-7-4-17(5-8-33)32-23-21-11-18(12-25(26,27)28)35-24(21)30-14-29-23/h2-3,10-11,14,17,31,34H,4-9,12-13H2,1H3,(H,29,30,32). The highest BCUT2D eigenvalue weighted by molar-refractivity contribution is 7.18. The number of aromatic amines is 1. The van der Waals surface area contributed by atoms with Crippen LogP contribution in [0.15, 0.2) is 30.6 Å². The van der Waals surface area contributed by atoms with E-state index in [9.17, 15) is 18.3 Å². The number of halogens is 3. The number of aliphatic hydroxyl groups excluding tert-OH is 1. The number of aliphatic hydroxyl groups is 1. The summed E-state index contributed by atoms with van der Waals surface area (Å²) in [6.45, 7) is 4.78. The van der Waals surface area contributed by atoms with E-state index in [1.807, 2.05) is 6.92 Å². The van der Waals surface area contributed by atoms with Gasteiger partial charge in [-0.3, -0.25) is 4.90 Å². The second kappa shape index (κ2) is 9.75. The number of likely N-dealkylation sites (tertiary alicyclic amines) is 1. The van der Waals surface area contributed by atoms with Crippen LogP contribution in [-0.4, -0.2) is 56.9 Å². The highest BCUT2D eigenvalue weighted by Crippen LogP contribution is 2.33. The van der Waals surface area contributed by atoms with E-state index in [1.165, 1.54) is 22.8 Å². The first kappa shape index (κ1) is 24.0. The molecule has 1 fully saturated rings. The summed E-state index contributed by atoms with van der Waals surface area (Å²) in [4.78, 5) is 15.1. The van der Waals surface area contributed by atoms with Gasteiger partial charge in [0.2, 0.25) is 0 Å². The average molecular weight is 504 g/mol. The van der Waals surface area contributed by atoms with Crippen LogP contribution in [-0.2, 0) is 19.4 Å². The van der Waals surface area contributed by atoms with Crippen LogP contribution in [0.2, 0.25) is 0 Å². The Morgan fingerprint density at radius 1 is 1.17 bits per heavy atom. The number of hydrogen-bond donors (Lipinski definition) is 3. The average Bonchev–Trinajstić information content (AvgIpc) is 3.38. The molecule has 1 aliphatic rings. The molecule has 1 saturated heterocycles. The Hall–Kier alpha value is -2.69. The molecule has 5 rings (SSSR count). The van der Waals surface area contributed by atoms with Crippen molar-refractivity contribution in [3.63, 3.8) is 0 Å². The number of alkyl halides is 3. The van der Waals surface area contributed by atoms with Crippen LogP contribution < -0.4 is 5.32 Å². The van der Waals surface area contributed by atoms with Gasteiger partial charge in [-0.2, -0.15) is 13.2 Å². The van der Waals surface area contributed by atoms with Crippen LogP contribution in [0.4, 0.5) is 19.0 Å². The Balaban J connectivity index is 1.24. The smallest absolute Gasteiger partial charge is 0.393 e. The molecule has 0 amide bonds. The van der Waals surface area contributed by atoms with Crippen molar-refractivity contribution < 1.29 is 18.3 Å². The second-order valence-corrected chi connectivity index (χ2v) is 10.3. The number of aromatic nitrogens is 3. The van der Waals surface area contributed by atoms with Crippen molar-refractivity contribution in [2.45, 2.75) is 51.4 Å². The Bertz CT molecular complexity index is 1320.